The normalized spacial score (nSPS) is 31.3. The van der Waals surface area contributed by atoms with Crippen LogP contribution in [0.1, 0.15) is 40.0 Å². The first-order valence-electron chi connectivity index (χ1n) is 6.15. The van der Waals surface area contributed by atoms with E-state index < -0.39 is 0 Å². The SMILES string of the molecule is CCNC(=O)CNC1CCCC(C)C1C. The lowest BCUT2D eigenvalue weighted by Gasteiger charge is -2.34. The summed E-state index contributed by atoms with van der Waals surface area (Å²) in [7, 11) is 0. The molecule has 1 saturated carbocycles. The first-order valence-corrected chi connectivity index (χ1v) is 6.15. The van der Waals surface area contributed by atoms with Crippen molar-refractivity contribution in [2.45, 2.75) is 46.1 Å². The zero-order valence-electron chi connectivity index (χ0n) is 10.2. The van der Waals surface area contributed by atoms with Crippen molar-refractivity contribution in [1.82, 2.24) is 10.6 Å². The molecule has 3 atom stereocenters. The Balaban J connectivity index is 2.28. The second-order valence-corrected chi connectivity index (χ2v) is 4.71. The number of nitrogens with one attached hydrogen (secondary N) is 2. The maximum Gasteiger partial charge on any atom is 0.233 e. The van der Waals surface area contributed by atoms with Gasteiger partial charge in [-0.3, -0.25) is 4.79 Å². The second kappa shape index (κ2) is 6.11. The van der Waals surface area contributed by atoms with E-state index in [0.29, 0.717) is 18.5 Å². The van der Waals surface area contributed by atoms with Gasteiger partial charge in [0.1, 0.15) is 0 Å². The van der Waals surface area contributed by atoms with E-state index in [0.717, 1.165) is 12.5 Å². The van der Waals surface area contributed by atoms with Crippen molar-refractivity contribution in [3.05, 3.63) is 0 Å². The Kier molecular flexibility index (Phi) is 5.09. The average Bonchev–Trinajstić information content (AvgIpc) is 2.21. The van der Waals surface area contributed by atoms with Gasteiger partial charge in [-0.25, -0.2) is 0 Å². The molecule has 0 heterocycles. The summed E-state index contributed by atoms with van der Waals surface area (Å²) in [6.45, 7) is 7.74. The highest BCUT2D eigenvalue weighted by molar-refractivity contribution is 5.77. The van der Waals surface area contributed by atoms with Gasteiger partial charge >= 0.3 is 0 Å². The zero-order valence-corrected chi connectivity index (χ0v) is 10.2. The van der Waals surface area contributed by atoms with Gasteiger partial charge in [-0.15, -0.1) is 0 Å². The van der Waals surface area contributed by atoms with E-state index in [9.17, 15) is 4.79 Å². The molecular formula is C12H24N2O. The minimum absolute atomic E-state index is 0.114. The van der Waals surface area contributed by atoms with Gasteiger partial charge in [0.2, 0.25) is 5.91 Å². The molecule has 15 heavy (non-hydrogen) atoms. The molecule has 1 rings (SSSR count). The first kappa shape index (κ1) is 12.5. The summed E-state index contributed by atoms with van der Waals surface area (Å²) >= 11 is 0. The fourth-order valence-electron chi connectivity index (χ4n) is 2.35. The lowest BCUT2D eigenvalue weighted by atomic mass is 9.78. The number of rotatable bonds is 4. The number of likely N-dealkylation sites (N-methyl/N-ethyl adjacent to an activating group) is 1. The Morgan fingerprint density at radius 1 is 1.33 bits per heavy atom. The minimum Gasteiger partial charge on any atom is -0.355 e. The third kappa shape index (κ3) is 3.82. The molecule has 0 aromatic rings. The van der Waals surface area contributed by atoms with Gasteiger partial charge in [0.05, 0.1) is 6.54 Å². The van der Waals surface area contributed by atoms with Crippen molar-refractivity contribution in [2.75, 3.05) is 13.1 Å². The van der Waals surface area contributed by atoms with Gasteiger partial charge in [-0.1, -0.05) is 26.7 Å². The highest BCUT2D eigenvalue weighted by Gasteiger charge is 2.26. The quantitative estimate of drug-likeness (QED) is 0.742. The van der Waals surface area contributed by atoms with E-state index >= 15 is 0 Å². The van der Waals surface area contributed by atoms with Gasteiger partial charge in [0.15, 0.2) is 0 Å². The summed E-state index contributed by atoms with van der Waals surface area (Å²) < 4.78 is 0. The van der Waals surface area contributed by atoms with Crippen LogP contribution >= 0.6 is 0 Å². The van der Waals surface area contributed by atoms with E-state index in [1.54, 1.807) is 0 Å². The van der Waals surface area contributed by atoms with Crippen LogP contribution in [0.3, 0.4) is 0 Å². The van der Waals surface area contributed by atoms with E-state index in [-0.39, 0.29) is 5.91 Å². The molecule has 88 valence electrons. The highest BCUT2D eigenvalue weighted by Crippen LogP contribution is 2.29. The Morgan fingerprint density at radius 3 is 2.73 bits per heavy atom. The summed E-state index contributed by atoms with van der Waals surface area (Å²) in [4.78, 5) is 11.3. The number of carbonyl (C=O) groups is 1. The molecule has 0 aliphatic heterocycles. The Labute approximate surface area is 93.0 Å². The molecule has 2 N–H and O–H groups in total. The van der Waals surface area contributed by atoms with E-state index in [4.69, 9.17) is 0 Å². The zero-order chi connectivity index (χ0) is 11.3. The van der Waals surface area contributed by atoms with Crippen LogP contribution in [0, 0.1) is 11.8 Å². The van der Waals surface area contributed by atoms with Crippen LogP contribution in [0.15, 0.2) is 0 Å². The summed E-state index contributed by atoms with van der Waals surface area (Å²) in [5, 5.41) is 6.18. The van der Waals surface area contributed by atoms with Gasteiger partial charge in [-0.05, 0) is 25.2 Å². The summed E-state index contributed by atoms with van der Waals surface area (Å²) in [6, 6.07) is 0.524. The molecule has 3 unspecified atom stereocenters. The van der Waals surface area contributed by atoms with Crippen LogP contribution < -0.4 is 10.6 Å². The van der Waals surface area contributed by atoms with Crippen molar-refractivity contribution in [1.29, 1.82) is 0 Å². The molecule has 0 radical (unpaired) electrons. The molecule has 3 heteroatoms. The third-order valence-electron chi connectivity index (χ3n) is 3.61. The molecule has 0 spiro atoms. The minimum atomic E-state index is 0.114. The largest absolute Gasteiger partial charge is 0.355 e. The smallest absolute Gasteiger partial charge is 0.233 e. The van der Waals surface area contributed by atoms with E-state index in [2.05, 4.69) is 24.5 Å². The van der Waals surface area contributed by atoms with Crippen LogP contribution in [0.4, 0.5) is 0 Å². The summed E-state index contributed by atoms with van der Waals surface area (Å²) in [5.74, 6) is 1.58. The van der Waals surface area contributed by atoms with Gasteiger partial charge in [0.25, 0.3) is 0 Å². The molecule has 0 saturated heterocycles. The molecule has 1 amide bonds. The number of hydrogen-bond acceptors (Lipinski definition) is 2. The average molecular weight is 212 g/mol. The predicted octanol–water partition coefficient (Wildman–Crippen LogP) is 1.54. The van der Waals surface area contributed by atoms with Crippen molar-refractivity contribution in [2.24, 2.45) is 11.8 Å². The van der Waals surface area contributed by atoms with Crippen molar-refractivity contribution in [3.63, 3.8) is 0 Å². The van der Waals surface area contributed by atoms with Crippen molar-refractivity contribution in [3.8, 4) is 0 Å². The number of carbonyl (C=O) groups excluding carboxylic acids is 1. The van der Waals surface area contributed by atoms with E-state index in [1.807, 2.05) is 6.92 Å². The standard InChI is InChI=1S/C12H24N2O/c1-4-13-12(15)8-14-11-7-5-6-9(2)10(11)3/h9-11,14H,4-8H2,1-3H3,(H,13,15). The van der Waals surface area contributed by atoms with Crippen LogP contribution in [-0.4, -0.2) is 25.0 Å². The molecule has 0 aromatic heterocycles. The molecule has 0 bridgehead atoms. The second-order valence-electron chi connectivity index (χ2n) is 4.71. The van der Waals surface area contributed by atoms with Gasteiger partial charge < -0.3 is 10.6 Å². The fraction of sp³-hybridized carbons (Fsp3) is 0.917. The topological polar surface area (TPSA) is 41.1 Å². The molecule has 1 aliphatic rings. The third-order valence-corrected chi connectivity index (χ3v) is 3.61. The lowest BCUT2D eigenvalue weighted by molar-refractivity contribution is -0.120. The van der Waals surface area contributed by atoms with Gasteiger partial charge in [0, 0.05) is 12.6 Å². The maximum atomic E-state index is 11.3. The lowest BCUT2D eigenvalue weighted by Crippen LogP contribution is -2.45. The van der Waals surface area contributed by atoms with Gasteiger partial charge in [-0.2, -0.15) is 0 Å². The number of hydrogen-bond donors (Lipinski definition) is 2. The molecule has 3 nitrogen and oxygen atoms in total. The molecular weight excluding hydrogens is 188 g/mol. The molecule has 1 aliphatic carbocycles. The first-order chi connectivity index (χ1) is 7.15. The van der Waals surface area contributed by atoms with Crippen molar-refractivity contribution >= 4 is 5.91 Å². The van der Waals surface area contributed by atoms with Crippen LogP contribution in [0.5, 0.6) is 0 Å². The Hall–Kier alpha value is -0.570. The van der Waals surface area contributed by atoms with Crippen LogP contribution in [0.2, 0.25) is 0 Å². The fourth-order valence-corrected chi connectivity index (χ4v) is 2.35. The Morgan fingerprint density at radius 2 is 2.07 bits per heavy atom. The summed E-state index contributed by atoms with van der Waals surface area (Å²) in [6.07, 6.45) is 3.84. The maximum absolute atomic E-state index is 11.3. The number of amides is 1. The molecule has 1 fully saturated rings. The van der Waals surface area contributed by atoms with Crippen LogP contribution in [0.25, 0.3) is 0 Å². The summed E-state index contributed by atoms with van der Waals surface area (Å²) in [5.41, 5.74) is 0. The van der Waals surface area contributed by atoms with Crippen LogP contribution in [-0.2, 0) is 4.79 Å². The monoisotopic (exact) mass is 212 g/mol. The Bertz CT molecular complexity index is 206. The van der Waals surface area contributed by atoms with E-state index in [1.165, 1.54) is 19.3 Å². The van der Waals surface area contributed by atoms with Crippen molar-refractivity contribution < 1.29 is 4.79 Å². The highest BCUT2D eigenvalue weighted by atomic mass is 16.1. The predicted molar refractivity (Wildman–Crippen MR) is 62.7 cm³/mol. The molecule has 0 aromatic carbocycles.